The molecule has 0 saturated heterocycles. The van der Waals surface area contributed by atoms with Gasteiger partial charge >= 0.3 is 0 Å². The van der Waals surface area contributed by atoms with Gasteiger partial charge in [0.25, 0.3) is 0 Å². The van der Waals surface area contributed by atoms with Crippen LogP contribution in [0.25, 0.3) is 5.57 Å². The molecular formula is C15H16O4. The van der Waals surface area contributed by atoms with Crippen LogP contribution in [0.3, 0.4) is 0 Å². The van der Waals surface area contributed by atoms with Gasteiger partial charge in [0.1, 0.15) is 17.8 Å². The fourth-order valence-corrected chi connectivity index (χ4v) is 1.62. The Morgan fingerprint density at radius 3 is 2.58 bits per heavy atom. The molecule has 0 bridgehead atoms. The Balaban J connectivity index is 3.27. The van der Waals surface area contributed by atoms with E-state index in [-0.39, 0.29) is 23.7 Å². The normalized spacial score (nSPS) is 12.3. The van der Waals surface area contributed by atoms with Gasteiger partial charge < -0.3 is 15.3 Å². The van der Waals surface area contributed by atoms with E-state index in [2.05, 4.69) is 6.58 Å². The lowest BCUT2D eigenvalue weighted by Gasteiger charge is -2.11. The Morgan fingerprint density at radius 2 is 2.05 bits per heavy atom. The van der Waals surface area contributed by atoms with Crippen LogP contribution in [0.4, 0.5) is 0 Å². The number of aldehydes is 1. The number of aliphatic hydroxyl groups is 3. The van der Waals surface area contributed by atoms with Crippen molar-refractivity contribution in [1.29, 1.82) is 0 Å². The smallest absolute Gasteiger partial charge is 0.150 e. The predicted octanol–water partition coefficient (Wildman–Crippen LogP) is 2.91. The zero-order chi connectivity index (χ0) is 14.4. The molecule has 0 saturated carbocycles. The lowest BCUT2D eigenvalue weighted by molar-refractivity contribution is 0.112. The maximum Gasteiger partial charge on any atom is 0.150 e. The first kappa shape index (κ1) is 14.7. The average Bonchev–Trinajstić information content (AvgIpc) is 2.44. The highest BCUT2D eigenvalue weighted by atomic mass is 16.3. The van der Waals surface area contributed by atoms with Crippen LogP contribution in [0, 0.1) is 0 Å². The van der Waals surface area contributed by atoms with E-state index >= 15 is 0 Å². The van der Waals surface area contributed by atoms with E-state index in [4.69, 9.17) is 0 Å². The quantitative estimate of drug-likeness (QED) is 0.432. The second kappa shape index (κ2) is 6.56. The lowest BCUT2D eigenvalue weighted by Crippen LogP contribution is -2.00. The fraction of sp³-hybridized carbons (Fsp3) is 0.133. The van der Waals surface area contributed by atoms with Crippen LogP contribution in [-0.4, -0.2) is 21.6 Å². The molecule has 1 aromatic carbocycles. The monoisotopic (exact) mass is 260 g/mol. The number of hydrogen-bond donors (Lipinski definition) is 3. The van der Waals surface area contributed by atoms with Crippen molar-refractivity contribution in [2.75, 3.05) is 0 Å². The molecule has 4 heteroatoms. The van der Waals surface area contributed by atoms with Crippen molar-refractivity contribution in [3.63, 3.8) is 0 Å². The van der Waals surface area contributed by atoms with Crippen LogP contribution in [0.15, 0.2) is 48.4 Å². The summed E-state index contributed by atoms with van der Waals surface area (Å²) >= 11 is 0. The van der Waals surface area contributed by atoms with E-state index < -0.39 is 0 Å². The summed E-state index contributed by atoms with van der Waals surface area (Å²) in [5.41, 5.74) is 1.41. The van der Waals surface area contributed by atoms with E-state index in [1.54, 1.807) is 25.1 Å². The van der Waals surface area contributed by atoms with Crippen molar-refractivity contribution >= 4 is 11.9 Å². The van der Waals surface area contributed by atoms with Gasteiger partial charge in [0.15, 0.2) is 0 Å². The molecule has 0 spiro atoms. The van der Waals surface area contributed by atoms with Crippen molar-refractivity contribution in [2.45, 2.75) is 13.5 Å². The zero-order valence-electron chi connectivity index (χ0n) is 10.6. The van der Waals surface area contributed by atoms with Gasteiger partial charge in [0, 0.05) is 17.2 Å². The molecule has 0 aliphatic rings. The molecule has 1 aromatic rings. The van der Waals surface area contributed by atoms with Gasteiger partial charge in [-0.15, -0.1) is 0 Å². The minimum absolute atomic E-state index is 0.101. The summed E-state index contributed by atoms with van der Waals surface area (Å²) < 4.78 is 0. The lowest BCUT2D eigenvalue weighted by atomic mass is 9.96. The first-order valence-corrected chi connectivity index (χ1v) is 5.68. The molecule has 0 aliphatic carbocycles. The molecule has 0 aromatic heterocycles. The van der Waals surface area contributed by atoms with Gasteiger partial charge in [-0.1, -0.05) is 24.8 Å². The molecule has 0 unspecified atom stereocenters. The van der Waals surface area contributed by atoms with Crippen molar-refractivity contribution < 1.29 is 20.1 Å². The number of carbonyl (C=O) groups is 1. The Kier molecular flexibility index (Phi) is 5.09. The third kappa shape index (κ3) is 3.33. The number of carbonyl (C=O) groups excluding carboxylic acids is 1. The Morgan fingerprint density at radius 1 is 1.37 bits per heavy atom. The van der Waals surface area contributed by atoms with E-state index in [1.165, 1.54) is 6.08 Å². The molecule has 100 valence electrons. The van der Waals surface area contributed by atoms with E-state index in [0.717, 1.165) is 6.08 Å². The zero-order valence-corrected chi connectivity index (χ0v) is 10.6. The van der Waals surface area contributed by atoms with Crippen LogP contribution in [0.1, 0.15) is 28.4 Å². The van der Waals surface area contributed by atoms with E-state index in [1.807, 2.05) is 0 Å². The molecule has 0 atom stereocenters. The first-order chi connectivity index (χ1) is 9.04. The SMILES string of the molecule is C=C(/C(O)=C\C(O)=C/C)c1cccc(C=O)c1CO. The maximum absolute atomic E-state index is 10.9. The van der Waals surface area contributed by atoms with Gasteiger partial charge in [-0.25, -0.2) is 0 Å². The van der Waals surface area contributed by atoms with Crippen LogP contribution in [0.2, 0.25) is 0 Å². The molecule has 0 amide bonds. The standard InChI is InChI=1S/C15H16O4/c1-3-12(18)7-15(19)10(2)13-6-4-5-11(8-16)14(13)9-17/h3-8,17-19H,2,9H2,1H3/b12-3+,15-7+. The summed E-state index contributed by atoms with van der Waals surface area (Å²) in [5, 5.41) is 28.5. The van der Waals surface area contributed by atoms with Crippen molar-refractivity contribution in [2.24, 2.45) is 0 Å². The van der Waals surface area contributed by atoms with Gasteiger partial charge in [-0.3, -0.25) is 4.79 Å². The summed E-state index contributed by atoms with van der Waals surface area (Å²) in [6.45, 7) is 4.99. The number of aliphatic hydroxyl groups excluding tert-OH is 3. The minimum Gasteiger partial charge on any atom is -0.508 e. The van der Waals surface area contributed by atoms with Gasteiger partial charge in [0.05, 0.1) is 6.61 Å². The summed E-state index contributed by atoms with van der Waals surface area (Å²) in [6, 6.07) is 4.84. The van der Waals surface area contributed by atoms with Gasteiger partial charge in [0.2, 0.25) is 0 Å². The highest BCUT2D eigenvalue weighted by Gasteiger charge is 2.12. The number of allylic oxidation sites excluding steroid dienone is 3. The molecule has 3 N–H and O–H groups in total. The van der Waals surface area contributed by atoms with Crippen molar-refractivity contribution in [3.8, 4) is 0 Å². The highest BCUT2D eigenvalue weighted by molar-refractivity contribution is 5.84. The number of benzene rings is 1. The average molecular weight is 260 g/mol. The Labute approximate surface area is 111 Å². The molecule has 1 rings (SSSR count). The van der Waals surface area contributed by atoms with Crippen LogP contribution in [-0.2, 0) is 6.61 Å². The molecular weight excluding hydrogens is 244 g/mol. The second-order valence-electron chi connectivity index (χ2n) is 3.87. The highest BCUT2D eigenvalue weighted by Crippen LogP contribution is 2.25. The van der Waals surface area contributed by atoms with Crippen molar-refractivity contribution in [1.82, 2.24) is 0 Å². The fourth-order valence-electron chi connectivity index (χ4n) is 1.62. The molecule has 19 heavy (non-hydrogen) atoms. The van der Waals surface area contributed by atoms with Gasteiger partial charge in [-0.05, 0) is 24.1 Å². The molecule has 0 fully saturated rings. The summed E-state index contributed by atoms with van der Waals surface area (Å²) in [6.07, 6.45) is 3.20. The van der Waals surface area contributed by atoms with Crippen LogP contribution >= 0.6 is 0 Å². The van der Waals surface area contributed by atoms with Gasteiger partial charge in [-0.2, -0.15) is 0 Å². The summed E-state index contributed by atoms with van der Waals surface area (Å²) in [5.74, 6) is -0.330. The van der Waals surface area contributed by atoms with Crippen LogP contribution in [0.5, 0.6) is 0 Å². The third-order valence-corrected chi connectivity index (χ3v) is 2.71. The van der Waals surface area contributed by atoms with Crippen LogP contribution < -0.4 is 0 Å². The topological polar surface area (TPSA) is 77.8 Å². The minimum atomic E-state index is -0.341. The molecule has 4 nitrogen and oxygen atoms in total. The predicted molar refractivity (Wildman–Crippen MR) is 73.9 cm³/mol. The largest absolute Gasteiger partial charge is 0.508 e. The first-order valence-electron chi connectivity index (χ1n) is 5.68. The Bertz CT molecular complexity index is 553. The third-order valence-electron chi connectivity index (χ3n) is 2.71. The Hall–Kier alpha value is -2.33. The van der Waals surface area contributed by atoms with E-state index in [9.17, 15) is 20.1 Å². The molecule has 0 aliphatic heterocycles. The summed E-state index contributed by atoms with van der Waals surface area (Å²) in [7, 11) is 0. The molecule has 0 radical (unpaired) electrons. The van der Waals surface area contributed by atoms with Crippen molar-refractivity contribution in [3.05, 3.63) is 65.1 Å². The summed E-state index contributed by atoms with van der Waals surface area (Å²) in [4.78, 5) is 10.9. The maximum atomic E-state index is 10.9. The van der Waals surface area contributed by atoms with E-state index in [0.29, 0.717) is 23.0 Å². The second-order valence-corrected chi connectivity index (χ2v) is 3.87. The number of hydrogen-bond acceptors (Lipinski definition) is 4. The number of rotatable bonds is 5. The molecule has 0 heterocycles.